The Morgan fingerprint density at radius 3 is 0.912 bits per heavy atom. The summed E-state index contributed by atoms with van der Waals surface area (Å²) in [6.07, 6.45) is 0. The summed E-state index contributed by atoms with van der Waals surface area (Å²) in [6, 6.07) is 76.7. The predicted octanol–water partition coefficient (Wildman–Crippen LogP) is 15.6. The van der Waals surface area contributed by atoms with Crippen LogP contribution in [0.2, 0.25) is 0 Å². The second-order valence-electron chi connectivity index (χ2n) is 17.8. The van der Waals surface area contributed by atoms with Crippen molar-refractivity contribution in [2.45, 2.75) is 13.8 Å². The molecule has 6 nitrogen and oxygen atoms in total. The van der Waals surface area contributed by atoms with Crippen LogP contribution in [-0.2, 0) is 0 Å². The van der Waals surface area contributed by atoms with Crippen molar-refractivity contribution in [1.82, 2.24) is 23.3 Å². The van der Waals surface area contributed by atoms with E-state index in [9.17, 15) is 5.26 Å². The molecule has 5 aromatic heterocycles. The third-order valence-corrected chi connectivity index (χ3v) is 14.2. The normalized spacial score (nSPS) is 12.0. The quantitative estimate of drug-likeness (QED) is 0.173. The minimum absolute atomic E-state index is 0.541. The third kappa shape index (κ3) is 5.13. The molecule has 9 aromatic carbocycles. The maximum Gasteiger partial charge on any atom is 0.104 e. The fraction of sp³-hybridized carbons (Fsp3) is 0.0323. The Morgan fingerprint density at radius 2 is 0.603 bits per heavy atom. The number of rotatable bonds is 5. The van der Waals surface area contributed by atoms with Crippen molar-refractivity contribution in [2.24, 2.45) is 0 Å². The van der Waals surface area contributed by atoms with Crippen molar-refractivity contribution in [1.29, 1.82) is 5.26 Å². The highest BCUT2D eigenvalue weighted by Crippen LogP contribution is 2.52. The van der Waals surface area contributed by atoms with E-state index in [0.717, 1.165) is 132 Å². The summed E-state index contributed by atoms with van der Waals surface area (Å²) < 4.78 is 9.66. The zero-order chi connectivity index (χ0) is 45.2. The van der Waals surface area contributed by atoms with Gasteiger partial charge in [-0.2, -0.15) is 5.26 Å². The standard InChI is InChI=1S/C62H40N6/c1-38-35-36-40(39(2)64-38)58-59(65-50-27-11-3-19-41(50)42-20-4-12-28-51(42)65)49(37-63)60(66-52-29-13-5-21-43(52)44-22-6-14-30-53(44)66)62(68-56-33-17-9-25-47(56)48-26-10-18-34-57(48)68)61(58)67-54-31-15-7-23-45(54)46-24-8-16-32-55(46)67/h3-36H,1-2H3. The van der Waals surface area contributed by atoms with Crippen LogP contribution in [0.3, 0.4) is 0 Å². The van der Waals surface area contributed by atoms with Gasteiger partial charge in [0.15, 0.2) is 0 Å². The van der Waals surface area contributed by atoms with Gasteiger partial charge < -0.3 is 18.3 Å². The fourth-order valence-electron chi connectivity index (χ4n) is 11.5. The van der Waals surface area contributed by atoms with Crippen molar-refractivity contribution >= 4 is 87.2 Å². The van der Waals surface area contributed by atoms with Gasteiger partial charge in [-0.15, -0.1) is 0 Å². The van der Waals surface area contributed by atoms with Crippen LogP contribution in [-0.4, -0.2) is 23.3 Å². The number of hydrogen-bond acceptors (Lipinski definition) is 2. The number of aromatic nitrogens is 5. The monoisotopic (exact) mass is 868 g/mol. The van der Waals surface area contributed by atoms with Crippen molar-refractivity contribution < 1.29 is 0 Å². The molecule has 5 heterocycles. The average Bonchev–Trinajstić information content (AvgIpc) is 4.11. The van der Waals surface area contributed by atoms with Crippen LogP contribution < -0.4 is 0 Å². The smallest absolute Gasteiger partial charge is 0.104 e. The van der Waals surface area contributed by atoms with E-state index in [1.165, 1.54) is 0 Å². The van der Waals surface area contributed by atoms with Gasteiger partial charge in [-0.25, -0.2) is 0 Å². The van der Waals surface area contributed by atoms with E-state index in [4.69, 9.17) is 4.98 Å². The Kier molecular flexibility index (Phi) is 8.08. The second kappa shape index (κ2) is 14.4. The summed E-state index contributed by atoms with van der Waals surface area (Å²) in [5.74, 6) is 0. The molecule has 0 amide bonds. The van der Waals surface area contributed by atoms with Gasteiger partial charge in [-0.3, -0.25) is 4.98 Å². The van der Waals surface area contributed by atoms with Crippen molar-refractivity contribution in [3.8, 4) is 39.9 Å². The lowest BCUT2D eigenvalue weighted by atomic mass is 9.92. The Balaban J connectivity index is 1.38. The number of hydrogen-bond donors (Lipinski definition) is 0. The van der Waals surface area contributed by atoms with E-state index in [1.54, 1.807) is 0 Å². The highest BCUT2D eigenvalue weighted by molar-refractivity contribution is 6.17. The van der Waals surface area contributed by atoms with Gasteiger partial charge in [0.25, 0.3) is 0 Å². The minimum Gasteiger partial charge on any atom is -0.307 e. The van der Waals surface area contributed by atoms with Crippen LogP contribution in [0, 0.1) is 25.2 Å². The van der Waals surface area contributed by atoms with Gasteiger partial charge in [0.05, 0.1) is 66.9 Å². The molecule has 0 fully saturated rings. The number of para-hydroxylation sites is 8. The molecular formula is C62H40N6. The first-order valence-electron chi connectivity index (χ1n) is 23.1. The first-order chi connectivity index (χ1) is 33.6. The number of nitriles is 1. The lowest BCUT2D eigenvalue weighted by molar-refractivity contribution is 1.03. The number of benzene rings is 9. The van der Waals surface area contributed by atoms with E-state index in [0.29, 0.717) is 5.56 Å². The topological polar surface area (TPSA) is 56.4 Å². The van der Waals surface area contributed by atoms with Gasteiger partial charge >= 0.3 is 0 Å². The van der Waals surface area contributed by atoms with Crippen LogP contribution in [0.4, 0.5) is 0 Å². The van der Waals surface area contributed by atoms with E-state index in [-0.39, 0.29) is 0 Å². The fourth-order valence-corrected chi connectivity index (χ4v) is 11.5. The van der Waals surface area contributed by atoms with E-state index in [1.807, 2.05) is 6.92 Å². The lowest BCUT2D eigenvalue weighted by Gasteiger charge is -2.29. The molecule has 0 aliphatic rings. The number of nitrogens with zero attached hydrogens (tertiary/aromatic N) is 6. The van der Waals surface area contributed by atoms with Gasteiger partial charge in [0, 0.05) is 65.6 Å². The Hall–Kier alpha value is -9.18. The predicted molar refractivity (Wildman–Crippen MR) is 281 cm³/mol. The van der Waals surface area contributed by atoms with Crippen molar-refractivity contribution in [3.63, 3.8) is 0 Å². The van der Waals surface area contributed by atoms with Crippen LogP contribution in [0.5, 0.6) is 0 Å². The largest absolute Gasteiger partial charge is 0.307 e. The number of fused-ring (bicyclic) bond motifs is 12. The van der Waals surface area contributed by atoms with Crippen LogP contribution in [0.15, 0.2) is 206 Å². The summed E-state index contributed by atoms with van der Waals surface area (Å²) in [6.45, 7) is 4.16. The van der Waals surface area contributed by atoms with Gasteiger partial charge in [-0.1, -0.05) is 152 Å². The van der Waals surface area contributed by atoms with E-state index in [2.05, 4.69) is 238 Å². The molecular weight excluding hydrogens is 829 g/mol. The summed E-state index contributed by atoms with van der Waals surface area (Å²) in [4.78, 5) is 5.23. The molecule has 0 aliphatic carbocycles. The number of aryl methyl sites for hydroxylation is 2. The average molecular weight is 869 g/mol. The molecule has 6 heteroatoms. The highest BCUT2D eigenvalue weighted by Gasteiger charge is 2.35. The summed E-state index contributed by atoms with van der Waals surface area (Å²) in [7, 11) is 0. The molecule has 0 saturated heterocycles. The summed E-state index contributed by atoms with van der Waals surface area (Å²) in [5.41, 5.74) is 15.8. The molecule has 14 rings (SSSR count). The maximum absolute atomic E-state index is 12.6. The zero-order valence-corrected chi connectivity index (χ0v) is 37.3. The van der Waals surface area contributed by atoms with Gasteiger partial charge in [0.1, 0.15) is 11.6 Å². The second-order valence-corrected chi connectivity index (χ2v) is 17.8. The third-order valence-electron chi connectivity index (χ3n) is 14.2. The van der Waals surface area contributed by atoms with Gasteiger partial charge in [0.2, 0.25) is 0 Å². The molecule has 0 spiro atoms. The molecule has 68 heavy (non-hydrogen) atoms. The van der Waals surface area contributed by atoms with Crippen molar-refractivity contribution in [2.75, 3.05) is 0 Å². The first-order valence-corrected chi connectivity index (χ1v) is 23.1. The lowest BCUT2D eigenvalue weighted by Crippen LogP contribution is -2.16. The molecule has 0 aliphatic heterocycles. The number of pyridine rings is 1. The van der Waals surface area contributed by atoms with Crippen LogP contribution in [0.25, 0.3) is 121 Å². The van der Waals surface area contributed by atoms with Gasteiger partial charge in [-0.05, 0) is 68.4 Å². The molecule has 0 bridgehead atoms. The SMILES string of the molecule is Cc1ccc(-c2c(-n3c4ccccc4c4ccccc43)c(C#N)c(-n3c4ccccc4c4ccccc43)c(-n3c4ccccc4c4ccccc43)c2-n2c3ccccc3c3ccccc32)c(C)n1. The maximum atomic E-state index is 12.6. The van der Waals surface area contributed by atoms with Crippen molar-refractivity contribution in [3.05, 3.63) is 223 Å². The molecule has 0 N–H and O–H groups in total. The van der Waals surface area contributed by atoms with E-state index >= 15 is 0 Å². The Morgan fingerprint density at radius 1 is 0.324 bits per heavy atom. The van der Waals surface area contributed by atoms with E-state index < -0.39 is 0 Å². The molecule has 0 unspecified atom stereocenters. The molecule has 318 valence electrons. The summed E-state index contributed by atoms with van der Waals surface area (Å²) in [5, 5.41) is 21.6. The highest BCUT2D eigenvalue weighted by atomic mass is 15.1. The minimum atomic E-state index is 0.541. The molecule has 0 atom stereocenters. The Bertz CT molecular complexity index is 4280. The Labute approximate surface area is 391 Å². The van der Waals surface area contributed by atoms with Crippen LogP contribution >= 0.6 is 0 Å². The first kappa shape index (κ1) is 38.1. The molecule has 0 radical (unpaired) electrons. The molecule has 0 saturated carbocycles. The molecule has 14 aromatic rings. The summed E-state index contributed by atoms with van der Waals surface area (Å²) >= 11 is 0. The van der Waals surface area contributed by atoms with Crippen LogP contribution in [0.1, 0.15) is 17.0 Å². The zero-order valence-electron chi connectivity index (χ0n) is 37.3.